The van der Waals surface area contributed by atoms with Crippen LogP contribution in [-0.2, 0) is 6.54 Å². The van der Waals surface area contributed by atoms with Crippen molar-refractivity contribution in [3.63, 3.8) is 0 Å². The van der Waals surface area contributed by atoms with E-state index >= 15 is 0 Å². The van der Waals surface area contributed by atoms with E-state index in [9.17, 15) is 4.79 Å². The molecule has 0 fully saturated rings. The Morgan fingerprint density at radius 1 is 0.900 bits per heavy atom. The first-order chi connectivity index (χ1) is 9.83. The van der Waals surface area contributed by atoms with Gasteiger partial charge in [0.05, 0.1) is 12.7 Å². The highest BCUT2D eigenvalue weighted by Gasteiger charge is 1.99. The van der Waals surface area contributed by atoms with Gasteiger partial charge in [0.25, 0.3) is 5.56 Å². The lowest BCUT2D eigenvalue weighted by Gasteiger charge is -2.06. The molecule has 1 heterocycles. The van der Waals surface area contributed by atoms with Crippen LogP contribution in [0.1, 0.15) is 5.56 Å². The van der Waals surface area contributed by atoms with Gasteiger partial charge in [0, 0.05) is 12.4 Å². The van der Waals surface area contributed by atoms with Crippen LogP contribution in [0.25, 0.3) is 11.1 Å². The van der Waals surface area contributed by atoms with Crippen LogP contribution < -0.4 is 5.56 Å². The second-order valence-corrected chi connectivity index (χ2v) is 4.61. The van der Waals surface area contributed by atoms with E-state index in [1.807, 2.05) is 18.2 Å². The van der Waals surface area contributed by atoms with Crippen LogP contribution in [0.4, 0.5) is 0 Å². The molecule has 3 rings (SSSR count). The molecule has 0 radical (unpaired) electrons. The Bertz CT molecular complexity index is 746. The van der Waals surface area contributed by atoms with E-state index in [0.29, 0.717) is 6.54 Å². The van der Waals surface area contributed by atoms with Crippen molar-refractivity contribution in [2.24, 2.45) is 0 Å². The summed E-state index contributed by atoms with van der Waals surface area (Å²) in [6, 6.07) is 18.5. The predicted molar refractivity (Wildman–Crippen MR) is 79.5 cm³/mol. The van der Waals surface area contributed by atoms with Gasteiger partial charge in [0.15, 0.2) is 0 Å². The standard InChI is InChI=1S/C17H14N2O/c20-17-12-18-10-11-19(17)13-14-6-8-16(9-7-14)15-4-2-1-3-5-15/h1-12H,13H2. The Balaban J connectivity index is 1.84. The number of hydrogen-bond acceptors (Lipinski definition) is 2. The van der Waals surface area contributed by atoms with Crippen molar-refractivity contribution >= 4 is 0 Å². The maximum Gasteiger partial charge on any atom is 0.269 e. The van der Waals surface area contributed by atoms with Gasteiger partial charge >= 0.3 is 0 Å². The Labute approximate surface area is 117 Å². The molecule has 0 bridgehead atoms. The van der Waals surface area contributed by atoms with Crippen LogP contribution in [0.2, 0.25) is 0 Å². The summed E-state index contributed by atoms with van der Waals surface area (Å²) >= 11 is 0. The lowest BCUT2D eigenvalue weighted by Crippen LogP contribution is -2.19. The molecule has 0 saturated heterocycles. The highest BCUT2D eigenvalue weighted by molar-refractivity contribution is 5.63. The summed E-state index contributed by atoms with van der Waals surface area (Å²) in [6.07, 6.45) is 4.66. The first-order valence-electron chi connectivity index (χ1n) is 6.48. The summed E-state index contributed by atoms with van der Waals surface area (Å²) < 4.78 is 1.64. The van der Waals surface area contributed by atoms with Gasteiger partial charge in [0.1, 0.15) is 0 Å². The van der Waals surface area contributed by atoms with Gasteiger partial charge in [-0.3, -0.25) is 9.78 Å². The molecule has 3 aromatic rings. The normalized spacial score (nSPS) is 10.4. The molecule has 0 amide bonds. The molecule has 0 unspecified atom stereocenters. The smallest absolute Gasteiger partial charge is 0.269 e. The average Bonchev–Trinajstić information content (AvgIpc) is 2.51. The molecule has 0 spiro atoms. The van der Waals surface area contributed by atoms with E-state index in [0.717, 1.165) is 5.56 Å². The van der Waals surface area contributed by atoms with E-state index in [1.165, 1.54) is 17.3 Å². The highest BCUT2D eigenvalue weighted by atomic mass is 16.1. The van der Waals surface area contributed by atoms with Crippen molar-refractivity contribution in [1.82, 2.24) is 9.55 Å². The number of benzene rings is 2. The third-order valence-corrected chi connectivity index (χ3v) is 3.21. The quantitative estimate of drug-likeness (QED) is 0.727. The van der Waals surface area contributed by atoms with Crippen LogP contribution in [0.15, 0.2) is 78.0 Å². The minimum atomic E-state index is -0.0837. The van der Waals surface area contributed by atoms with Crippen molar-refractivity contribution in [3.05, 3.63) is 89.1 Å². The summed E-state index contributed by atoms with van der Waals surface area (Å²) in [6.45, 7) is 0.566. The van der Waals surface area contributed by atoms with Gasteiger partial charge in [-0.1, -0.05) is 54.6 Å². The SMILES string of the molecule is O=c1cnccn1Cc1ccc(-c2ccccc2)cc1. The van der Waals surface area contributed by atoms with Crippen LogP contribution in [0, 0.1) is 0 Å². The Kier molecular flexibility index (Phi) is 3.42. The number of nitrogens with zero attached hydrogens (tertiary/aromatic N) is 2. The van der Waals surface area contributed by atoms with Gasteiger partial charge in [-0.15, -0.1) is 0 Å². The molecule has 0 N–H and O–H groups in total. The Morgan fingerprint density at radius 2 is 1.60 bits per heavy atom. The van der Waals surface area contributed by atoms with E-state index in [-0.39, 0.29) is 5.56 Å². The Hall–Kier alpha value is -2.68. The van der Waals surface area contributed by atoms with Crippen molar-refractivity contribution in [2.75, 3.05) is 0 Å². The molecule has 0 atom stereocenters. The molecule has 0 aliphatic heterocycles. The molecule has 20 heavy (non-hydrogen) atoms. The second kappa shape index (κ2) is 5.53. The highest BCUT2D eigenvalue weighted by Crippen LogP contribution is 2.19. The van der Waals surface area contributed by atoms with E-state index < -0.39 is 0 Å². The Morgan fingerprint density at radius 3 is 2.30 bits per heavy atom. The summed E-state index contributed by atoms with van der Waals surface area (Å²) in [5, 5.41) is 0. The number of hydrogen-bond donors (Lipinski definition) is 0. The molecule has 0 aliphatic rings. The molecular weight excluding hydrogens is 248 g/mol. The van der Waals surface area contributed by atoms with Gasteiger partial charge in [0.2, 0.25) is 0 Å². The van der Waals surface area contributed by atoms with Crippen molar-refractivity contribution in [1.29, 1.82) is 0 Å². The topological polar surface area (TPSA) is 34.9 Å². The van der Waals surface area contributed by atoms with Crippen LogP contribution in [-0.4, -0.2) is 9.55 Å². The van der Waals surface area contributed by atoms with E-state index in [4.69, 9.17) is 0 Å². The second-order valence-electron chi connectivity index (χ2n) is 4.61. The first-order valence-corrected chi connectivity index (χ1v) is 6.48. The summed E-state index contributed by atoms with van der Waals surface area (Å²) in [5.74, 6) is 0. The monoisotopic (exact) mass is 262 g/mol. The van der Waals surface area contributed by atoms with Crippen molar-refractivity contribution in [2.45, 2.75) is 6.54 Å². The van der Waals surface area contributed by atoms with Crippen LogP contribution in [0.5, 0.6) is 0 Å². The zero-order valence-corrected chi connectivity index (χ0v) is 10.9. The molecule has 3 heteroatoms. The van der Waals surface area contributed by atoms with Crippen molar-refractivity contribution < 1.29 is 0 Å². The van der Waals surface area contributed by atoms with Crippen molar-refractivity contribution in [3.8, 4) is 11.1 Å². The lowest BCUT2D eigenvalue weighted by atomic mass is 10.0. The fourth-order valence-electron chi connectivity index (χ4n) is 2.13. The van der Waals surface area contributed by atoms with Crippen LogP contribution in [0.3, 0.4) is 0 Å². The zero-order valence-electron chi connectivity index (χ0n) is 10.9. The number of rotatable bonds is 3. The summed E-state index contributed by atoms with van der Waals surface area (Å²) in [4.78, 5) is 15.4. The molecular formula is C17H14N2O. The average molecular weight is 262 g/mol. The fourth-order valence-corrected chi connectivity index (χ4v) is 2.13. The summed E-state index contributed by atoms with van der Waals surface area (Å²) in [7, 11) is 0. The van der Waals surface area contributed by atoms with E-state index in [1.54, 1.807) is 17.0 Å². The summed E-state index contributed by atoms with van der Waals surface area (Å²) in [5.41, 5.74) is 3.38. The maximum absolute atomic E-state index is 11.6. The van der Waals surface area contributed by atoms with Gasteiger partial charge < -0.3 is 4.57 Å². The predicted octanol–water partition coefficient (Wildman–Crippen LogP) is 2.96. The first kappa shape index (κ1) is 12.4. The van der Waals surface area contributed by atoms with Crippen LogP contribution >= 0.6 is 0 Å². The van der Waals surface area contributed by atoms with Gasteiger partial charge in [-0.05, 0) is 16.7 Å². The largest absolute Gasteiger partial charge is 0.308 e. The molecule has 3 nitrogen and oxygen atoms in total. The molecule has 0 saturated carbocycles. The molecule has 2 aromatic carbocycles. The molecule has 98 valence electrons. The number of aromatic nitrogens is 2. The maximum atomic E-state index is 11.6. The minimum absolute atomic E-state index is 0.0837. The lowest BCUT2D eigenvalue weighted by molar-refractivity contribution is 0.748. The third kappa shape index (κ3) is 2.67. The molecule has 1 aromatic heterocycles. The third-order valence-electron chi connectivity index (χ3n) is 3.21. The fraction of sp³-hybridized carbons (Fsp3) is 0.0588. The molecule has 0 aliphatic carbocycles. The zero-order chi connectivity index (χ0) is 13.8. The van der Waals surface area contributed by atoms with Gasteiger partial charge in [-0.25, -0.2) is 0 Å². The minimum Gasteiger partial charge on any atom is -0.308 e. The van der Waals surface area contributed by atoms with Gasteiger partial charge in [-0.2, -0.15) is 0 Å². The van der Waals surface area contributed by atoms with E-state index in [2.05, 4.69) is 41.4 Å².